The maximum absolute atomic E-state index is 13.8. The summed E-state index contributed by atoms with van der Waals surface area (Å²) in [4.78, 5) is 54.3. The van der Waals surface area contributed by atoms with Crippen LogP contribution >= 0.6 is 0 Å². The summed E-state index contributed by atoms with van der Waals surface area (Å²) in [6.07, 6.45) is -1.27. The van der Waals surface area contributed by atoms with E-state index in [0.717, 1.165) is 22.1 Å². The van der Waals surface area contributed by atoms with Crippen LogP contribution < -0.4 is 5.32 Å². The molecule has 0 saturated carbocycles. The number of fused-ring (bicyclic) bond motifs is 1. The molecule has 4 aromatic rings. The highest BCUT2D eigenvalue weighted by Gasteiger charge is 2.46. The van der Waals surface area contributed by atoms with Crippen LogP contribution in [-0.2, 0) is 27.3 Å². The number of benzene rings is 4. The first-order valence-electron chi connectivity index (χ1n) is 13.1. The van der Waals surface area contributed by atoms with Gasteiger partial charge in [0.2, 0.25) is 0 Å². The molecule has 0 fully saturated rings. The molecule has 4 aromatic carbocycles. The van der Waals surface area contributed by atoms with E-state index in [9.17, 15) is 19.2 Å². The molecule has 1 aliphatic carbocycles. The Morgan fingerprint density at radius 2 is 1.52 bits per heavy atom. The van der Waals surface area contributed by atoms with Crippen molar-refractivity contribution in [2.45, 2.75) is 38.1 Å². The molecule has 0 spiro atoms. The van der Waals surface area contributed by atoms with Crippen molar-refractivity contribution < 1.29 is 28.7 Å². The third-order valence-corrected chi connectivity index (χ3v) is 7.40. The number of ether oxygens (including phenoxy) is 2. The number of rotatable bonds is 6. The van der Waals surface area contributed by atoms with Gasteiger partial charge in [0.1, 0.15) is 24.8 Å². The summed E-state index contributed by atoms with van der Waals surface area (Å²) in [5.74, 6) is -1.57. The van der Waals surface area contributed by atoms with Crippen molar-refractivity contribution in [2.75, 3.05) is 0 Å². The number of amides is 3. The van der Waals surface area contributed by atoms with E-state index in [4.69, 9.17) is 9.47 Å². The molecule has 200 valence electrons. The summed E-state index contributed by atoms with van der Waals surface area (Å²) in [5, 5.41) is 3.94. The molecule has 3 atom stereocenters. The lowest BCUT2D eigenvalue weighted by molar-refractivity contribution is -0.153. The Hall–Kier alpha value is -4.98. The Kier molecular flexibility index (Phi) is 6.51. The summed E-state index contributed by atoms with van der Waals surface area (Å²) in [6.45, 7) is 1.55. The zero-order valence-electron chi connectivity index (χ0n) is 21.7. The Balaban J connectivity index is 1.23. The number of hydrogen-bond donors (Lipinski definition) is 1. The lowest BCUT2D eigenvalue weighted by Crippen LogP contribution is -2.48. The number of carbonyl (C=O) groups is 4. The highest BCUT2D eigenvalue weighted by Crippen LogP contribution is 2.42. The van der Waals surface area contributed by atoms with E-state index in [1.165, 1.54) is 11.8 Å². The SMILES string of the molecule is C[C@H](NC(=O)OCc1ccccc1)C(=O)O[C@H]1Cc2ccccc2[C@H]1N1C(=O)c2cccc3cccc(c23)C1=O. The summed E-state index contributed by atoms with van der Waals surface area (Å²) in [5.41, 5.74) is 3.30. The molecule has 8 nitrogen and oxygen atoms in total. The van der Waals surface area contributed by atoms with Gasteiger partial charge in [-0.05, 0) is 41.1 Å². The highest BCUT2D eigenvalue weighted by molar-refractivity contribution is 6.25. The van der Waals surface area contributed by atoms with Crippen molar-refractivity contribution in [1.82, 2.24) is 10.2 Å². The smallest absolute Gasteiger partial charge is 0.408 e. The second-order valence-electron chi connectivity index (χ2n) is 9.94. The van der Waals surface area contributed by atoms with Crippen molar-refractivity contribution in [3.63, 3.8) is 0 Å². The molecular weight excluding hydrogens is 508 g/mol. The quantitative estimate of drug-likeness (QED) is 0.277. The molecule has 2 aliphatic rings. The number of alkyl carbamates (subject to hydrolysis) is 1. The number of carbonyl (C=O) groups excluding carboxylic acids is 4. The average molecular weight is 535 g/mol. The molecule has 6 rings (SSSR count). The maximum atomic E-state index is 13.8. The number of nitrogens with one attached hydrogen (secondary N) is 1. The minimum Gasteiger partial charge on any atom is -0.458 e. The number of hydrogen-bond acceptors (Lipinski definition) is 6. The minimum atomic E-state index is -1.02. The Labute approximate surface area is 230 Å². The van der Waals surface area contributed by atoms with Crippen LogP contribution in [0.4, 0.5) is 4.79 Å². The zero-order chi connectivity index (χ0) is 27.8. The van der Waals surface area contributed by atoms with E-state index in [1.807, 2.05) is 66.7 Å². The van der Waals surface area contributed by atoms with Gasteiger partial charge in [0.25, 0.3) is 11.8 Å². The lowest BCUT2D eigenvalue weighted by atomic mass is 9.92. The van der Waals surface area contributed by atoms with Gasteiger partial charge in [-0.2, -0.15) is 0 Å². The molecule has 0 bridgehead atoms. The van der Waals surface area contributed by atoms with Crippen molar-refractivity contribution in [1.29, 1.82) is 0 Å². The van der Waals surface area contributed by atoms with Crippen LogP contribution in [0.5, 0.6) is 0 Å². The van der Waals surface area contributed by atoms with E-state index >= 15 is 0 Å². The third-order valence-electron chi connectivity index (χ3n) is 7.40. The number of esters is 1. The molecule has 8 heteroatoms. The summed E-state index contributed by atoms with van der Waals surface area (Å²) in [7, 11) is 0. The van der Waals surface area contributed by atoms with Crippen LogP contribution in [0, 0.1) is 0 Å². The Morgan fingerprint density at radius 3 is 2.23 bits per heavy atom. The van der Waals surface area contributed by atoms with Crippen molar-refractivity contribution in [3.05, 3.63) is 119 Å². The first kappa shape index (κ1) is 25.3. The van der Waals surface area contributed by atoms with Crippen LogP contribution in [0.1, 0.15) is 50.4 Å². The molecule has 3 amide bonds. The largest absolute Gasteiger partial charge is 0.458 e. The predicted octanol–water partition coefficient (Wildman–Crippen LogP) is 4.96. The molecule has 0 unspecified atom stereocenters. The monoisotopic (exact) mass is 534 g/mol. The van der Waals surface area contributed by atoms with E-state index in [2.05, 4.69) is 5.32 Å². The van der Waals surface area contributed by atoms with Gasteiger partial charge in [0, 0.05) is 22.9 Å². The lowest BCUT2D eigenvalue weighted by Gasteiger charge is -2.35. The average Bonchev–Trinajstić information content (AvgIpc) is 3.32. The number of nitrogens with zero attached hydrogens (tertiary/aromatic N) is 1. The molecule has 40 heavy (non-hydrogen) atoms. The summed E-state index contributed by atoms with van der Waals surface area (Å²) >= 11 is 0. The molecular formula is C32H26N2O6. The van der Waals surface area contributed by atoms with Gasteiger partial charge in [-0.1, -0.05) is 78.9 Å². The van der Waals surface area contributed by atoms with Crippen LogP contribution in [-0.4, -0.2) is 40.9 Å². The van der Waals surface area contributed by atoms with Crippen molar-refractivity contribution >= 4 is 34.6 Å². The normalized spacial score (nSPS) is 18.3. The molecule has 1 N–H and O–H groups in total. The second kappa shape index (κ2) is 10.3. The molecule has 1 heterocycles. The van der Waals surface area contributed by atoms with Crippen molar-refractivity contribution in [2.24, 2.45) is 0 Å². The van der Waals surface area contributed by atoms with E-state index in [0.29, 0.717) is 22.9 Å². The summed E-state index contributed by atoms with van der Waals surface area (Å²) < 4.78 is 11.1. The minimum absolute atomic E-state index is 0.0574. The Morgan fingerprint density at radius 1 is 0.875 bits per heavy atom. The fraction of sp³-hybridized carbons (Fsp3) is 0.188. The van der Waals surface area contributed by atoms with Crippen molar-refractivity contribution in [3.8, 4) is 0 Å². The summed E-state index contributed by atoms with van der Waals surface area (Å²) in [6, 6.07) is 25.5. The Bertz CT molecular complexity index is 1600. The standard InChI is InChI=1S/C32H26N2O6/c1-19(33-32(38)39-18-20-9-3-2-4-10-20)31(37)40-26-17-22-11-5-6-14-23(22)28(26)34-29(35)24-15-7-12-21-13-8-16-25(27(21)24)30(34)36/h2-16,19,26,28H,17-18H2,1H3,(H,33,38)/t19-,26-,28+/m0/s1. The van der Waals surface area contributed by atoms with Crippen LogP contribution in [0.2, 0.25) is 0 Å². The topological polar surface area (TPSA) is 102 Å². The van der Waals surface area contributed by atoms with E-state index in [1.54, 1.807) is 24.3 Å². The van der Waals surface area contributed by atoms with Crippen LogP contribution in [0.25, 0.3) is 10.8 Å². The second-order valence-corrected chi connectivity index (χ2v) is 9.94. The highest BCUT2D eigenvalue weighted by atomic mass is 16.6. The molecule has 0 saturated heterocycles. The van der Waals surface area contributed by atoms with Crippen LogP contribution in [0.3, 0.4) is 0 Å². The third kappa shape index (κ3) is 4.47. The van der Waals surface area contributed by atoms with Gasteiger partial charge >= 0.3 is 12.1 Å². The van der Waals surface area contributed by atoms with Gasteiger partial charge in [-0.3, -0.25) is 14.5 Å². The van der Waals surface area contributed by atoms with Gasteiger partial charge in [-0.15, -0.1) is 0 Å². The van der Waals surface area contributed by atoms with Crippen LogP contribution in [0.15, 0.2) is 91.0 Å². The predicted molar refractivity (Wildman–Crippen MR) is 146 cm³/mol. The first-order chi connectivity index (χ1) is 19.4. The van der Waals surface area contributed by atoms with Gasteiger partial charge in [-0.25, -0.2) is 9.59 Å². The van der Waals surface area contributed by atoms with E-state index in [-0.39, 0.29) is 6.61 Å². The van der Waals surface area contributed by atoms with E-state index < -0.39 is 42.1 Å². The van der Waals surface area contributed by atoms with Gasteiger partial charge in [0.15, 0.2) is 0 Å². The molecule has 1 aliphatic heterocycles. The fourth-order valence-electron chi connectivity index (χ4n) is 5.50. The zero-order valence-corrected chi connectivity index (χ0v) is 21.7. The molecule has 0 radical (unpaired) electrons. The van der Waals surface area contributed by atoms with Gasteiger partial charge < -0.3 is 14.8 Å². The number of imide groups is 1. The fourth-order valence-corrected chi connectivity index (χ4v) is 5.50. The molecule has 0 aromatic heterocycles. The first-order valence-corrected chi connectivity index (χ1v) is 13.1. The van der Waals surface area contributed by atoms with Gasteiger partial charge in [0.05, 0.1) is 0 Å². The maximum Gasteiger partial charge on any atom is 0.408 e.